The zero-order valence-electron chi connectivity index (χ0n) is 22.9. The second kappa shape index (κ2) is 11.0. The highest BCUT2D eigenvalue weighted by Crippen LogP contribution is 2.34. The molecule has 1 aliphatic carbocycles. The van der Waals surface area contributed by atoms with Crippen molar-refractivity contribution in [3.8, 4) is 22.5 Å². The van der Waals surface area contributed by atoms with Gasteiger partial charge in [-0.25, -0.2) is 14.3 Å². The SMILES string of the molecule is COC(=O)Cn1c(=O)c2c(nc(C3CCCCC3)n2Cc2ccc(-c3ccccc3-c3nn[nH]n3)cc2)n(C)c1=O. The molecule has 0 bridgehead atoms. The minimum Gasteiger partial charge on any atom is -0.468 e. The number of aromatic nitrogens is 8. The lowest BCUT2D eigenvalue weighted by Crippen LogP contribution is -2.41. The van der Waals surface area contributed by atoms with Gasteiger partial charge < -0.3 is 9.30 Å². The first-order valence-corrected chi connectivity index (χ1v) is 13.6. The molecule has 210 valence electrons. The van der Waals surface area contributed by atoms with Crippen LogP contribution < -0.4 is 11.2 Å². The maximum atomic E-state index is 13.7. The Morgan fingerprint density at radius 2 is 1.73 bits per heavy atom. The van der Waals surface area contributed by atoms with Gasteiger partial charge in [0.1, 0.15) is 12.4 Å². The summed E-state index contributed by atoms with van der Waals surface area (Å²) in [5.74, 6) is 0.828. The molecule has 0 saturated heterocycles. The number of aromatic amines is 1. The number of fused-ring (bicyclic) bond motifs is 1. The Morgan fingerprint density at radius 3 is 2.41 bits per heavy atom. The topological polar surface area (TPSA) is 143 Å². The third kappa shape index (κ3) is 4.85. The molecular weight excluding hydrogens is 524 g/mol. The first-order valence-electron chi connectivity index (χ1n) is 13.6. The van der Waals surface area contributed by atoms with Crippen molar-refractivity contribution in [1.29, 1.82) is 0 Å². The smallest absolute Gasteiger partial charge is 0.333 e. The zero-order chi connectivity index (χ0) is 28.5. The molecule has 12 nitrogen and oxygen atoms in total. The number of methoxy groups -OCH3 is 1. The van der Waals surface area contributed by atoms with Crippen molar-refractivity contribution >= 4 is 17.1 Å². The summed E-state index contributed by atoms with van der Waals surface area (Å²) in [6.45, 7) is -0.0723. The van der Waals surface area contributed by atoms with Gasteiger partial charge in [-0.2, -0.15) is 5.21 Å². The van der Waals surface area contributed by atoms with E-state index < -0.39 is 23.8 Å². The minimum absolute atomic E-state index is 0.181. The van der Waals surface area contributed by atoms with Gasteiger partial charge in [0.2, 0.25) is 5.82 Å². The maximum Gasteiger partial charge on any atom is 0.333 e. The van der Waals surface area contributed by atoms with Crippen LogP contribution in [0.1, 0.15) is 49.4 Å². The summed E-state index contributed by atoms with van der Waals surface area (Å²) in [4.78, 5) is 43.7. The van der Waals surface area contributed by atoms with Gasteiger partial charge in [0, 0.05) is 25.1 Å². The van der Waals surface area contributed by atoms with E-state index in [4.69, 9.17) is 9.72 Å². The number of benzene rings is 2. The number of hydrogen-bond acceptors (Lipinski definition) is 8. The zero-order valence-corrected chi connectivity index (χ0v) is 22.9. The number of carbonyl (C=O) groups excluding carboxylic acids is 1. The summed E-state index contributed by atoms with van der Waals surface area (Å²) < 4.78 is 8.95. The van der Waals surface area contributed by atoms with Crippen molar-refractivity contribution in [1.82, 2.24) is 39.3 Å². The molecule has 0 aliphatic heterocycles. The Morgan fingerprint density at radius 1 is 1.00 bits per heavy atom. The summed E-state index contributed by atoms with van der Waals surface area (Å²) in [5.41, 5.74) is 3.27. The number of H-pyrrole nitrogens is 1. The van der Waals surface area contributed by atoms with E-state index in [9.17, 15) is 14.4 Å². The number of hydrogen-bond donors (Lipinski definition) is 1. The number of nitrogens with one attached hydrogen (secondary N) is 1. The Kier molecular flexibility index (Phi) is 7.04. The van der Waals surface area contributed by atoms with E-state index in [1.54, 1.807) is 7.05 Å². The van der Waals surface area contributed by atoms with Crippen LogP contribution in [0.4, 0.5) is 0 Å². The summed E-state index contributed by atoms with van der Waals surface area (Å²) >= 11 is 0. The Labute approximate surface area is 234 Å². The van der Waals surface area contributed by atoms with E-state index in [1.165, 1.54) is 18.1 Å². The fourth-order valence-electron chi connectivity index (χ4n) is 5.73. The van der Waals surface area contributed by atoms with Gasteiger partial charge in [-0.15, -0.1) is 10.2 Å². The number of nitrogens with zero attached hydrogens (tertiary/aromatic N) is 7. The number of esters is 1. The molecule has 0 radical (unpaired) electrons. The van der Waals surface area contributed by atoms with E-state index >= 15 is 0 Å². The standard InChI is InChI=1S/C29H30N8O4/c1-35-27-24(28(39)37(29(35)40)17-23(38)41-2)36(26(30-27)20-8-4-3-5-9-20)16-18-12-14-19(15-13-18)21-10-6-7-11-22(21)25-31-33-34-32-25/h6-7,10-15,20H,3-5,8-9,16-17H2,1-2H3,(H,31,32,33,34). The van der Waals surface area contributed by atoms with Gasteiger partial charge in [0.15, 0.2) is 11.2 Å². The Bertz CT molecular complexity index is 1830. The molecule has 3 heterocycles. The van der Waals surface area contributed by atoms with E-state index in [2.05, 4.69) is 20.6 Å². The van der Waals surface area contributed by atoms with Crippen molar-refractivity contribution in [2.75, 3.05) is 7.11 Å². The number of rotatable bonds is 7. The molecular formula is C29H30N8O4. The van der Waals surface area contributed by atoms with Crippen molar-refractivity contribution in [2.24, 2.45) is 7.05 Å². The van der Waals surface area contributed by atoms with E-state index in [0.29, 0.717) is 23.5 Å². The van der Waals surface area contributed by atoms with Gasteiger partial charge in [-0.05, 0) is 34.7 Å². The molecule has 3 aromatic heterocycles. The molecule has 1 N–H and O–H groups in total. The molecule has 1 fully saturated rings. The second-order valence-electron chi connectivity index (χ2n) is 10.4. The third-order valence-corrected chi connectivity index (χ3v) is 7.87. The van der Waals surface area contributed by atoms with Crippen molar-refractivity contribution in [3.05, 3.63) is 80.8 Å². The van der Waals surface area contributed by atoms with Gasteiger partial charge >= 0.3 is 11.7 Å². The molecule has 6 rings (SSSR count). The molecule has 1 aliphatic rings. The predicted octanol–water partition coefficient (Wildman–Crippen LogP) is 3.01. The monoisotopic (exact) mass is 554 g/mol. The maximum absolute atomic E-state index is 13.7. The van der Waals surface area contributed by atoms with Crippen LogP contribution in [0.25, 0.3) is 33.7 Å². The lowest BCUT2D eigenvalue weighted by Gasteiger charge is -2.22. The highest BCUT2D eigenvalue weighted by Gasteiger charge is 2.27. The van der Waals surface area contributed by atoms with Gasteiger partial charge in [-0.3, -0.25) is 14.2 Å². The summed E-state index contributed by atoms with van der Waals surface area (Å²) in [7, 11) is 2.81. The molecule has 2 aromatic carbocycles. The molecule has 1 saturated carbocycles. The number of ether oxygens (including phenoxy) is 1. The Hall–Kier alpha value is -4.87. The molecule has 0 amide bonds. The predicted molar refractivity (Wildman–Crippen MR) is 151 cm³/mol. The largest absolute Gasteiger partial charge is 0.468 e. The molecule has 41 heavy (non-hydrogen) atoms. The third-order valence-electron chi connectivity index (χ3n) is 7.87. The number of imidazole rings is 1. The highest BCUT2D eigenvalue weighted by molar-refractivity contribution is 5.80. The van der Waals surface area contributed by atoms with E-state index in [0.717, 1.165) is 58.3 Å². The second-order valence-corrected chi connectivity index (χ2v) is 10.4. The molecule has 12 heteroatoms. The Balaban J connectivity index is 1.44. The molecule has 0 atom stereocenters. The average Bonchev–Trinajstić information content (AvgIpc) is 3.68. The van der Waals surface area contributed by atoms with Crippen LogP contribution in [0.3, 0.4) is 0 Å². The lowest BCUT2D eigenvalue weighted by molar-refractivity contribution is -0.141. The molecule has 0 unspecified atom stereocenters. The van der Waals surface area contributed by atoms with Gasteiger partial charge in [0.25, 0.3) is 5.56 Å². The number of aryl methyl sites for hydroxylation is 1. The summed E-state index contributed by atoms with van der Waals surface area (Å²) in [6.07, 6.45) is 5.30. The highest BCUT2D eigenvalue weighted by atomic mass is 16.5. The van der Waals surface area contributed by atoms with Crippen LogP contribution in [0, 0.1) is 0 Å². The fourth-order valence-corrected chi connectivity index (χ4v) is 5.73. The van der Waals surface area contributed by atoms with Crippen LogP contribution in [0.5, 0.6) is 0 Å². The number of tetrazole rings is 1. The lowest BCUT2D eigenvalue weighted by atomic mass is 9.88. The first kappa shape index (κ1) is 26.4. The first-order chi connectivity index (χ1) is 20.0. The van der Waals surface area contributed by atoms with Crippen LogP contribution in [0.15, 0.2) is 58.1 Å². The van der Waals surface area contributed by atoms with Crippen molar-refractivity contribution < 1.29 is 9.53 Å². The van der Waals surface area contributed by atoms with Crippen LogP contribution in [-0.4, -0.2) is 52.4 Å². The minimum atomic E-state index is -0.668. The van der Waals surface area contributed by atoms with Crippen LogP contribution in [0.2, 0.25) is 0 Å². The normalized spacial score (nSPS) is 14.0. The summed E-state index contributed by atoms with van der Waals surface area (Å²) in [5, 5.41) is 14.5. The molecule has 0 spiro atoms. The molecule has 5 aromatic rings. The van der Waals surface area contributed by atoms with Crippen LogP contribution in [-0.2, 0) is 29.7 Å². The van der Waals surface area contributed by atoms with Crippen molar-refractivity contribution in [2.45, 2.75) is 51.1 Å². The van der Waals surface area contributed by atoms with Gasteiger partial charge in [-0.1, -0.05) is 67.8 Å². The van der Waals surface area contributed by atoms with E-state index in [1.807, 2.05) is 53.1 Å². The van der Waals surface area contributed by atoms with Crippen LogP contribution >= 0.6 is 0 Å². The van der Waals surface area contributed by atoms with Gasteiger partial charge in [0.05, 0.1) is 7.11 Å². The fraction of sp³-hybridized carbons (Fsp3) is 0.345. The summed E-state index contributed by atoms with van der Waals surface area (Å²) in [6, 6.07) is 16.0. The quantitative estimate of drug-likeness (QED) is 0.303. The number of carbonyl (C=O) groups is 1. The average molecular weight is 555 g/mol. The van der Waals surface area contributed by atoms with Crippen molar-refractivity contribution in [3.63, 3.8) is 0 Å². The van der Waals surface area contributed by atoms with E-state index in [-0.39, 0.29) is 5.92 Å².